The molecule has 3 nitrogen and oxygen atoms in total. The van der Waals surface area contributed by atoms with Crippen molar-refractivity contribution in [2.24, 2.45) is 0 Å². The lowest BCUT2D eigenvalue weighted by Gasteiger charge is -2.07. The highest BCUT2D eigenvalue weighted by Crippen LogP contribution is 2.10. The average Bonchev–Trinajstić information content (AvgIpc) is 2.34. The summed E-state index contributed by atoms with van der Waals surface area (Å²) in [5.41, 5.74) is 4.75. The second-order valence-electron chi connectivity index (χ2n) is 4.61. The molecule has 0 amide bonds. The van der Waals surface area contributed by atoms with E-state index in [-0.39, 0.29) is 0 Å². The van der Waals surface area contributed by atoms with E-state index in [0.717, 1.165) is 30.0 Å². The fourth-order valence-electron chi connectivity index (χ4n) is 1.95. The Morgan fingerprint density at radius 2 is 2.06 bits per heavy atom. The highest BCUT2D eigenvalue weighted by Gasteiger charge is 2.04. The van der Waals surface area contributed by atoms with Crippen molar-refractivity contribution in [2.45, 2.75) is 26.8 Å². The first-order valence-electron chi connectivity index (χ1n) is 6.20. The number of aryl methyl sites for hydroxylation is 2. The second-order valence-corrected chi connectivity index (χ2v) is 4.61. The normalized spacial score (nSPS) is 10.6. The maximum Gasteiger partial charge on any atom is 0.132 e. The summed E-state index contributed by atoms with van der Waals surface area (Å²) in [6.07, 6.45) is 2.70. The van der Waals surface area contributed by atoms with Gasteiger partial charge in [0.2, 0.25) is 0 Å². The van der Waals surface area contributed by atoms with Gasteiger partial charge in [-0.15, -0.1) is 0 Å². The van der Waals surface area contributed by atoms with Gasteiger partial charge >= 0.3 is 0 Å². The zero-order chi connectivity index (χ0) is 13.0. The van der Waals surface area contributed by atoms with Gasteiger partial charge in [0, 0.05) is 19.2 Å². The Hall–Kier alpha value is -1.74. The van der Waals surface area contributed by atoms with Gasteiger partial charge in [-0.05, 0) is 32.0 Å². The molecule has 0 aliphatic heterocycles. The van der Waals surface area contributed by atoms with Crippen LogP contribution in [0.3, 0.4) is 0 Å². The maximum absolute atomic E-state index is 4.61. The minimum absolute atomic E-state index is 0.787. The van der Waals surface area contributed by atoms with Gasteiger partial charge in [0.05, 0.1) is 5.69 Å². The van der Waals surface area contributed by atoms with Gasteiger partial charge in [-0.2, -0.15) is 0 Å². The van der Waals surface area contributed by atoms with Gasteiger partial charge in [0.25, 0.3) is 0 Å². The van der Waals surface area contributed by atoms with Crippen molar-refractivity contribution < 1.29 is 0 Å². The van der Waals surface area contributed by atoms with Crippen LogP contribution in [0.1, 0.15) is 28.2 Å². The van der Waals surface area contributed by atoms with Crippen molar-refractivity contribution in [1.82, 2.24) is 15.3 Å². The predicted octanol–water partition coefficient (Wildman–Crippen LogP) is 2.40. The lowest BCUT2D eigenvalue weighted by Crippen LogP contribution is -2.11. The van der Waals surface area contributed by atoms with Crippen molar-refractivity contribution in [2.75, 3.05) is 7.05 Å². The standard InChI is InChI=1S/C15H19N3/c1-11-5-4-6-13(7-11)8-15-17-9-12(2)14(18-15)10-16-3/h4-7,9,16H,8,10H2,1-3H3. The summed E-state index contributed by atoms with van der Waals surface area (Å²) < 4.78 is 0. The lowest BCUT2D eigenvalue weighted by molar-refractivity contribution is 0.763. The molecule has 1 N–H and O–H groups in total. The number of nitrogens with zero attached hydrogens (tertiary/aromatic N) is 2. The Kier molecular flexibility index (Phi) is 4.05. The van der Waals surface area contributed by atoms with Gasteiger partial charge in [0.15, 0.2) is 0 Å². The summed E-state index contributed by atoms with van der Waals surface area (Å²) in [6.45, 7) is 4.93. The van der Waals surface area contributed by atoms with Crippen LogP contribution >= 0.6 is 0 Å². The third-order valence-electron chi connectivity index (χ3n) is 2.92. The van der Waals surface area contributed by atoms with E-state index in [0.29, 0.717) is 0 Å². The molecule has 1 aromatic heterocycles. The fourth-order valence-corrected chi connectivity index (χ4v) is 1.95. The van der Waals surface area contributed by atoms with E-state index in [1.54, 1.807) is 0 Å². The third-order valence-corrected chi connectivity index (χ3v) is 2.92. The third kappa shape index (κ3) is 3.14. The Bertz CT molecular complexity index is 535. The second kappa shape index (κ2) is 5.74. The number of hydrogen-bond donors (Lipinski definition) is 1. The highest BCUT2D eigenvalue weighted by molar-refractivity contribution is 5.25. The van der Waals surface area contributed by atoms with Crippen molar-refractivity contribution in [3.8, 4) is 0 Å². The molecule has 0 aliphatic rings. The summed E-state index contributed by atoms with van der Waals surface area (Å²) in [5.74, 6) is 0.886. The number of hydrogen-bond acceptors (Lipinski definition) is 3. The first-order chi connectivity index (χ1) is 8.69. The van der Waals surface area contributed by atoms with Crippen molar-refractivity contribution in [1.29, 1.82) is 0 Å². The maximum atomic E-state index is 4.61. The molecule has 0 saturated heterocycles. The molecule has 2 rings (SSSR count). The monoisotopic (exact) mass is 241 g/mol. The molecule has 0 saturated carbocycles. The Morgan fingerprint density at radius 3 is 2.78 bits per heavy atom. The number of aromatic nitrogens is 2. The van der Waals surface area contributed by atoms with Gasteiger partial charge in [-0.3, -0.25) is 0 Å². The number of rotatable bonds is 4. The van der Waals surface area contributed by atoms with E-state index in [4.69, 9.17) is 0 Å². The minimum Gasteiger partial charge on any atom is -0.314 e. The van der Waals surface area contributed by atoms with Crippen LogP contribution in [0.15, 0.2) is 30.5 Å². The molecular weight excluding hydrogens is 222 g/mol. The van der Waals surface area contributed by atoms with Gasteiger partial charge in [-0.1, -0.05) is 29.8 Å². The Labute approximate surface area is 108 Å². The topological polar surface area (TPSA) is 37.8 Å². The molecule has 1 heterocycles. The SMILES string of the molecule is CNCc1nc(Cc2cccc(C)c2)ncc1C. The van der Waals surface area contributed by atoms with Gasteiger partial charge in [-0.25, -0.2) is 9.97 Å². The van der Waals surface area contributed by atoms with E-state index in [1.807, 2.05) is 20.2 Å². The van der Waals surface area contributed by atoms with Crippen LogP contribution in [0.2, 0.25) is 0 Å². The van der Waals surface area contributed by atoms with E-state index in [9.17, 15) is 0 Å². The van der Waals surface area contributed by atoms with Crippen molar-refractivity contribution in [3.63, 3.8) is 0 Å². The minimum atomic E-state index is 0.787. The van der Waals surface area contributed by atoms with E-state index >= 15 is 0 Å². The molecule has 0 bridgehead atoms. The highest BCUT2D eigenvalue weighted by atomic mass is 14.9. The summed E-state index contributed by atoms with van der Waals surface area (Å²) in [6, 6.07) is 8.48. The molecule has 0 unspecified atom stereocenters. The average molecular weight is 241 g/mol. The van der Waals surface area contributed by atoms with Gasteiger partial charge in [0.1, 0.15) is 5.82 Å². The molecule has 0 spiro atoms. The molecule has 94 valence electrons. The number of nitrogens with one attached hydrogen (secondary N) is 1. The van der Waals surface area contributed by atoms with Crippen LogP contribution in [-0.4, -0.2) is 17.0 Å². The summed E-state index contributed by atoms with van der Waals surface area (Å²) >= 11 is 0. The predicted molar refractivity (Wildman–Crippen MR) is 73.5 cm³/mol. The molecule has 0 fully saturated rings. The zero-order valence-corrected chi connectivity index (χ0v) is 11.2. The van der Waals surface area contributed by atoms with Crippen LogP contribution < -0.4 is 5.32 Å². The van der Waals surface area contributed by atoms with Crippen LogP contribution in [-0.2, 0) is 13.0 Å². The molecule has 18 heavy (non-hydrogen) atoms. The summed E-state index contributed by atoms with van der Waals surface area (Å²) in [5, 5.41) is 3.13. The smallest absolute Gasteiger partial charge is 0.132 e. The zero-order valence-electron chi connectivity index (χ0n) is 11.2. The van der Waals surface area contributed by atoms with Crippen LogP contribution in [0, 0.1) is 13.8 Å². The van der Waals surface area contributed by atoms with E-state index in [1.165, 1.54) is 11.1 Å². The van der Waals surface area contributed by atoms with Gasteiger partial charge < -0.3 is 5.32 Å². The van der Waals surface area contributed by atoms with E-state index in [2.05, 4.69) is 46.5 Å². The van der Waals surface area contributed by atoms with Crippen molar-refractivity contribution >= 4 is 0 Å². The van der Waals surface area contributed by atoms with Crippen LogP contribution in [0.25, 0.3) is 0 Å². The molecular formula is C15H19N3. The van der Waals surface area contributed by atoms with E-state index < -0.39 is 0 Å². The molecule has 2 aromatic rings. The quantitative estimate of drug-likeness (QED) is 0.893. The van der Waals surface area contributed by atoms with Crippen LogP contribution in [0.4, 0.5) is 0 Å². The fraction of sp³-hybridized carbons (Fsp3) is 0.333. The molecule has 0 aliphatic carbocycles. The number of benzene rings is 1. The first kappa shape index (κ1) is 12.7. The molecule has 0 atom stereocenters. The summed E-state index contributed by atoms with van der Waals surface area (Å²) in [4.78, 5) is 9.02. The summed E-state index contributed by atoms with van der Waals surface area (Å²) in [7, 11) is 1.93. The van der Waals surface area contributed by atoms with Crippen molar-refractivity contribution in [3.05, 3.63) is 58.7 Å². The Morgan fingerprint density at radius 1 is 1.22 bits per heavy atom. The largest absolute Gasteiger partial charge is 0.314 e. The van der Waals surface area contributed by atoms with Crippen LogP contribution in [0.5, 0.6) is 0 Å². The Balaban J connectivity index is 2.21. The lowest BCUT2D eigenvalue weighted by atomic mass is 10.1. The molecule has 1 aromatic carbocycles. The molecule has 3 heteroatoms. The first-order valence-corrected chi connectivity index (χ1v) is 6.20. The molecule has 0 radical (unpaired) electrons.